The predicted octanol–water partition coefficient (Wildman–Crippen LogP) is 6.28. The van der Waals surface area contributed by atoms with E-state index < -0.39 is 23.6 Å². The van der Waals surface area contributed by atoms with Crippen molar-refractivity contribution in [2.24, 2.45) is 56.2 Å². The number of fused-ring (bicyclic) bond motifs is 7. The van der Waals surface area contributed by atoms with Crippen molar-refractivity contribution in [2.75, 3.05) is 0 Å². The lowest BCUT2D eigenvalue weighted by molar-refractivity contribution is -0.268. The van der Waals surface area contributed by atoms with E-state index in [2.05, 4.69) is 48.5 Å². The number of aliphatic hydroxyl groups excluding tert-OH is 2. The molecule has 0 aromatic carbocycles. The lowest BCUT2D eigenvalue weighted by Crippen LogP contribution is -2.69. The van der Waals surface area contributed by atoms with Crippen molar-refractivity contribution in [3.8, 4) is 0 Å². The summed E-state index contributed by atoms with van der Waals surface area (Å²) in [4.78, 5) is 12.8. The minimum Gasteiger partial charge on any atom is -0.481 e. The number of carboxylic acids is 1. The van der Waals surface area contributed by atoms with Gasteiger partial charge in [0, 0.05) is 0 Å². The number of aliphatic carboxylic acids is 1. The van der Waals surface area contributed by atoms with Crippen LogP contribution in [-0.2, 0) is 4.79 Å². The first kappa shape index (κ1) is 25.1. The Bertz CT molecular complexity index is 864. The third-order valence-electron chi connectivity index (χ3n) is 13.6. The van der Waals surface area contributed by atoms with E-state index in [0.717, 1.165) is 57.8 Å². The van der Waals surface area contributed by atoms with Crippen LogP contribution >= 0.6 is 0 Å². The van der Waals surface area contributed by atoms with Gasteiger partial charge in [0.25, 0.3) is 0 Å². The molecule has 3 N–H and O–H groups in total. The Kier molecular flexibility index (Phi) is 5.34. The number of rotatable bonds is 1. The van der Waals surface area contributed by atoms with Gasteiger partial charge in [-0.25, -0.2) is 0 Å². The maximum Gasteiger partial charge on any atom is 0.309 e. The molecule has 4 heteroatoms. The van der Waals surface area contributed by atoms with E-state index in [1.807, 2.05) is 0 Å². The summed E-state index contributed by atoms with van der Waals surface area (Å²) in [5, 5.41) is 32.4. The molecule has 0 bridgehead atoms. The standard InChI is InChI=1S/C30H50O4/c1-25(2)12-14-30(24(33)34)15-13-28(6)18(19(30)16-25)8-9-22-27(5)17-20(31)23(32)26(3,4)21(27)10-11-29(22,28)7/h18-23,31-32H,8-17H2,1-7H3,(H,33,34)/t18-,19-,20-,21?,22-,23+,27+,28-,29-,30+/m1/s1. The second-order valence-corrected chi connectivity index (χ2v) is 15.6. The number of hydrogen-bond donors (Lipinski definition) is 3. The molecule has 0 amide bonds. The highest BCUT2D eigenvalue weighted by atomic mass is 16.4. The average Bonchev–Trinajstić information content (AvgIpc) is 2.72. The molecule has 0 spiro atoms. The fourth-order valence-electron chi connectivity index (χ4n) is 11.6. The summed E-state index contributed by atoms with van der Waals surface area (Å²) in [7, 11) is 0. The van der Waals surface area contributed by atoms with Crippen molar-refractivity contribution in [3.63, 3.8) is 0 Å². The summed E-state index contributed by atoms with van der Waals surface area (Å²) >= 11 is 0. The van der Waals surface area contributed by atoms with E-state index in [4.69, 9.17) is 0 Å². The lowest BCUT2D eigenvalue weighted by Gasteiger charge is -2.73. The molecule has 0 aliphatic heterocycles. The summed E-state index contributed by atoms with van der Waals surface area (Å²) in [5.41, 5.74) is -0.314. The summed E-state index contributed by atoms with van der Waals surface area (Å²) in [6.45, 7) is 16.5. The van der Waals surface area contributed by atoms with Crippen molar-refractivity contribution in [3.05, 3.63) is 0 Å². The predicted molar refractivity (Wildman–Crippen MR) is 134 cm³/mol. The van der Waals surface area contributed by atoms with Gasteiger partial charge in [-0.3, -0.25) is 4.79 Å². The van der Waals surface area contributed by atoms with Crippen LogP contribution in [0.5, 0.6) is 0 Å². The molecule has 5 rings (SSSR count). The maximum absolute atomic E-state index is 12.8. The molecular weight excluding hydrogens is 424 g/mol. The normalized spacial score (nSPS) is 55.8. The largest absolute Gasteiger partial charge is 0.481 e. The molecule has 0 radical (unpaired) electrons. The Balaban J connectivity index is 1.55. The molecule has 0 heterocycles. The van der Waals surface area contributed by atoms with Gasteiger partial charge < -0.3 is 15.3 Å². The van der Waals surface area contributed by atoms with Gasteiger partial charge in [-0.2, -0.15) is 0 Å². The third kappa shape index (κ3) is 2.93. The first-order valence-electron chi connectivity index (χ1n) is 14.1. The van der Waals surface area contributed by atoms with E-state index in [1.54, 1.807) is 0 Å². The fraction of sp³-hybridized carbons (Fsp3) is 0.967. The molecular formula is C30H50O4. The molecule has 5 aliphatic carbocycles. The Hall–Kier alpha value is -0.610. The Morgan fingerprint density at radius 2 is 1.35 bits per heavy atom. The minimum atomic E-state index is -0.658. The van der Waals surface area contributed by atoms with E-state index >= 15 is 0 Å². The van der Waals surface area contributed by atoms with Crippen LogP contribution < -0.4 is 0 Å². The highest BCUT2D eigenvalue weighted by molar-refractivity contribution is 5.75. The van der Waals surface area contributed by atoms with Gasteiger partial charge in [0.05, 0.1) is 17.6 Å². The summed E-state index contributed by atoms with van der Waals surface area (Å²) in [5.74, 6) is 1.11. The van der Waals surface area contributed by atoms with Crippen LogP contribution in [0.3, 0.4) is 0 Å². The summed E-state index contributed by atoms with van der Waals surface area (Å²) in [6.07, 6.45) is 8.63. The van der Waals surface area contributed by atoms with E-state index in [9.17, 15) is 20.1 Å². The zero-order valence-corrected chi connectivity index (χ0v) is 22.8. The minimum absolute atomic E-state index is 0.0102. The molecule has 0 saturated heterocycles. The van der Waals surface area contributed by atoms with Gasteiger partial charge in [-0.15, -0.1) is 0 Å². The molecule has 1 unspecified atom stereocenters. The second kappa shape index (κ2) is 7.24. The Morgan fingerprint density at radius 1 is 0.706 bits per heavy atom. The van der Waals surface area contributed by atoms with Crippen LogP contribution in [-0.4, -0.2) is 33.5 Å². The van der Waals surface area contributed by atoms with Gasteiger partial charge in [-0.1, -0.05) is 48.5 Å². The molecule has 0 aromatic heterocycles. The molecule has 0 aromatic rings. The van der Waals surface area contributed by atoms with Gasteiger partial charge in [-0.05, 0) is 115 Å². The van der Waals surface area contributed by atoms with Crippen molar-refractivity contribution in [1.82, 2.24) is 0 Å². The van der Waals surface area contributed by atoms with E-state index in [1.165, 1.54) is 0 Å². The number of carboxylic acid groups (broad SMARTS) is 1. The first-order valence-corrected chi connectivity index (χ1v) is 14.1. The summed E-state index contributed by atoms with van der Waals surface area (Å²) in [6, 6.07) is 0. The lowest BCUT2D eigenvalue weighted by atomic mass is 9.31. The third-order valence-corrected chi connectivity index (χ3v) is 13.6. The van der Waals surface area contributed by atoms with Crippen LogP contribution in [0.4, 0.5) is 0 Å². The average molecular weight is 475 g/mol. The Labute approximate surface area is 207 Å². The van der Waals surface area contributed by atoms with Crippen LogP contribution in [0, 0.1) is 56.2 Å². The monoisotopic (exact) mass is 474 g/mol. The van der Waals surface area contributed by atoms with Crippen molar-refractivity contribution in [2.45, 2.75) is 125 Å². The van der Waals surface area contributed by atoms with Crippen molar-refractivity contribution in [1.29, 1.82) is 0 Å². The smallest absolute Gasteiger partial charge is 0.309 e. The molecule has 194 valence electrons. The van der Waals surface area contributed by atoms with E-state index in [-0.39, 0.29) is 33.0 Å². The fourth-order valence-corrected chi connectivity index (χ4v) is 11.6. The number of aliphatic hydroxyl groups is 2. The molecule has 5 saturated carbocycles. The van der Waals surface area contributed by atoms with Gasteiger partial charge in [0.15, 0.2) is 0 Å². The zero-order valence-electron chi connectivity index (χ0n) is 22.8. The van der Waals surface area contributed by atoms with Crippen molar-refractivity contribution < 1.29 is 20.1 Å². The molecule has 5 aliphatic rings. The van der Waals surface area contributed by atoms with Crippen LogP contribution in [0.25, 0.3) is 0 Å². The maximum atomic E-state index is 12.8. The van der Waals surface area contributed by atoms with Crippen LogP contribution in [0.2, 0.25) is 0 Å². The second-order valence-electron chi connectivity index (χ2n) is 15.6. The molecule has 10 atom stereocenters. The van der Waals surface area contributed by atoms with E-state index in [0.29, 0.717) is 24.2 Å². The van der Waals surface area contributed by atoms with Crippen molar-refractivity contribution >= 4 is 5.97 Å². The molecule has 5 fully saturated rings. The summed E-state index contributed by atoms with van der Waals surface area (Å²) < 4.78 is 0. The Morgan fingerprint density at radius 3 is 2.00 bits per heavy atom. The highest BCUT2D eigenvalue weighted by Gasteiger charge is 2.71. The quantitative estimate of drug-likeness (QED) is 0.418. The molecule has 34 heavy (non-hydrogen) atoms. The topological polar surface area (TPSA) is 77.8 Å². The number of hydrogen-bond acceptors (Lipinski definition) is 3. The molecule has 4 nitrogen and oxygen atoms in total. The van der Waals surface area contributed by atoms with Gasteiger partial charge in [0.2, 0.25) is 0 Å². The SMILES string of the molecule is CC1(C)CC[C@]2(C(=O)O)CC[C@]3(C)[C@H](CC[C@@H]4[C@@]5(C)C[C@@H](O)[C@H](O)C(C)(C)C5CC[C@]43C)[C@H]2C1. The first-order chi connectivity index (χ1) is 15.6. The van der Waals surface area contributed by atoms with Crippen LogP contribution in [0.15, 0.2) is 0 Å². The van der Waals surface area contributed by atoms with Gasteiger partial charge >= 0.3 is 5.97 Å². The zero-order chi connectivity index (χ0) is 25.1. The van der Waals surface area contributed by atoms with Crippen LogP contribution in [0.1, 0.15) is 113 Å². The van der Waals surface area contributed by atoms with Gasteiger partial charge in [0.1, 0.15) is 0 Å². The number of carbonyl (C=O) groups is 1. The highest BCUT2D eigenvalue weighted by Crippen LogP contribution is 2.77.